The molecule has 110 valence electrons. The van der Waals surface area contributed by atoms with Crippen LogP contribution >= 0.6 is 0 Å². The first-order valence-electron chi connectivity index (χ1n) is 6.42. The van der Waals surface area contributed by atoms with Gasteiger partial charge in [-0.1, -0.05) is 19.3 Å². The topological polar surface area (TPSA) is 83.5 Å². The van der Waals surface area contributed by atoms with Crippen molar-refractivity contribution in [1.82, 2.24) is 4.72 Å². The SMILES string of the molecule is O=C(O)c1cc(S(=O)(=O)NCCC2CCC2)ccc1F. The average Bonchev–Trinajstić information content (AvgIpc) is 2.32. The van der Waals surface area contributed by atoms with Crippen molar-refractivity contribution in [2.45, 2.75) is 30.6 Å². The van der Waals surface area contributed by atoms with Crippen LogP contribution in [0.2, 0.25) is 0 Å². The molecule has 0 spiro atoms. The predicted molar refractivity (Wildman–Crippen MR) is 70.5 cm³/mol. The Kier molecular flexibility index (Phi) is 4.39. The number of aromatic carboxylic acids is 1. The molecule has 1 saturated carbocycles. The van der Waals surface area contributed by atoms with Gasteiger partial charge in [0.1, 0.15) is 5.82 Å². The molecule has 0 amide bonds. The molecule has 2 N–H and O–H groups in total. The second kappa shape index (κ2) is 5.88. The normalized spacial score (nSPS) is 15.8. The van der Waals surface area contributed by atoms with Crippen molar-refractivity contribution in [3.63, 3.8) is 0 Å². The Morgan fingerprint density at radius 3 is 2.65 bits per heavy atom. The summed E-state index contributed by atoms with van der Waals surface area (Å²) in [6.45, 7) is 0.312. The zero-order chi connectivity index (χ0) is 14.8. The summed E-state index contributed by atoms with van der Waals surface area (Å²) in [5.41, 5.74) is -0.646. The van der Waals surface area contributed by atoms with E-state index in [-0.39, 0.29) is 4.90 Å². The quantitative estimate of drug-likeness (QED) is 0.841. The number of carboxylic acids is 1. The van der Waals surface area contributed by atoms with Gasteiger partial charge in [-0.3, -0.25) is 0 Å². The van der Waals surface area contributed by atoms with E-state index in [4.69, 9.17) is 5.11 Å². The summed E-state index contributed by atoms with van der Waals surface area (Å²) in [5, 5.41) is 8.79. The van der Waals surface area contributed by atoms with Gasteiger partial charge in [0.05, 0.1) is 10.5 Å². The maximum absolute atomic E-state index is 13.2. The zero-order valence-electron chi connectivity index (χ0n) is 10.8. The fourth-order valence-corrected chi connectivity index (χ4v) is 3.17. The number of carboxylic acid groups (broad SMARTS) is 1. The number of sulfonamides is 1. The van der Waals surface area contributed by atoms with Gasteiger partial charge in [0.15, 0.2) is 0 Å². The molecule has 1 aliphatic rings. The molecule has 0 atom stereocenters. The minimum atomic E-state index is -3.79. The summed E-state index contributed by atoms with van der Waals surface area (Å²) in [6, 6.07) is 2.75. The van der Waals surface area contributed by atoms with Crippen molar-refractivity contribution in [2.75, 3.05) is 6.54 Å². The zero-order valence-corrected chi connectivity index (χ0v) is 11.6. The van der Waals surface area contributed by atoms with Crippen molar-refractivity contribution in [2.24, 2.45) is 5.92 Å². The first-order chi connectivity index (χ1) is 9.40. The molecular formula is C13H16FNO4S. The minimum Gasteiger partial charge on any atom is -0.478 e. The molecule has 7 heteroatoms. The molecule has 0 unspecified atom stereocenters. The summed E-state index contributed by atoms with van der Waals surface area (Å²) in [6.07, 6.45) is 4.21. The Hall–Kier alpha value is -1.47. The van der Waals surface area contributed by atoms with Gasteiger partial charge in [0.25, 0.3) is 0 Å². The van der Waals surface area contributed by atoms with Gasteiger partial charge in [-0.25, -0.2) is 22.3 Å². The molecule has 1 aromatic carbocycles. The smallest absolute Gasteiger partial charge is 0.338 e. The van der Waals surface area contributed by atoms with Crippen molar-refractivity contribution in [3.8, 4) is 0 Å². The van der Waals surface area contributed by atoms with E-state index in [0.717, 1.165) is 37.5 Å². The van der Waals surface area contributed by atoms with Crippen molar-refractivity contribution < 1.29 is 22.7 Å². The molecule has 5 nitrogen and oxygen atoms in total. The van der Waals surface area contributed by atoms with E-state index in [2.05, 4.69) is 4.72 Å². The summed E-state index contributed by atoms with van der Waals surface area (Å²) < 4.78 is 39.6. The van der Waals surface area contributed by atoms with Gasteiger partial charge in [-0.15, -0.1) is 0 Å². The van der Waals surface area contributed by atoms with Gasteiger partial charge in [-0.05, 0) is 30.5 Å². The van der Waals surface area contributed by atoms with Crippen LogP contribution in [0.25, 0.3) is 0 Å². The van der Waals surface area contributed by atoms with E-state index in [0.29, 0.717) is 12.5 Å². The third-order valence-electron chi connectivity index (χ3n) is 3.55. The van der Waals surface area contributed by atoms with Crippen LogP contribution in [-0.2, 0) is 10.0 Å². The molecule has 2 rings (SSSR count). The van der Waals surface area contributed by atoms with E-state index in [1.165, 1.54) is 6.42 Å². The monoisotopic (exact) mass is 301 g/mol. The van der Waals surface area contributed by atoms with Crippen molar-refractivity contribution in [3.05, 3.63) is 29.6 Å². The van der Waals surface area contributed by atoms with E-state index in [9.17, 15) is 17.6 Å². The molecule has 0 radical (unpaired) electrons. The Balaban J connectivity index is 2.08. The Morgan fingerprint density at radius 1 is 1.40 bits per heavy atom. The summed E-state index contributed by atoms with van der Waals surface area (Å²) in [7, 11) is -3.79. The van der Waals surface area contributed by atoms with Crippen LogP contribution in [0, 0.1) is 11.7 Å². The van der Waals surface area contributed by atoms with E-state index >= 15 is 0 Å². The molecule has 0 aromatic heterocycles. The van der Waals surface area contributed by atoms with E-state index in [1.807, 2.05) is 0 Å². The molecule has 20 heavy (non-hydrogen) atoms. The fraction of sp³-hybridized carbons (Fsp3) is 0.462. The second-order valence-corrected chi connectivity index (χ2v) is 6.70. The van der Waals surface area contributed by atoms with Crippen LogP contribution in [0.4, 0.5) is 4.39 Å². The highest BCUT2D eigenvalue weighted by Gasteiger charge is 2.21. The molecule has 1 aliphatic carbocycles. The Bertz CT molecular complexity index is 611. The predicted octanol–water partition coefficient (Wildman–Crippen LogP) is 1.99. The van der Waals surface area contributed by atoms with Crippen LogP contribution in [0.1, 0.15) is 36.0 Å². The lowest BCUT2D eigenvalue weighted by Crippen LogP contribution is -2.27. The highest BCUT2D eigenvalue weighted by atomic mass is 32.2. The third-order valence-corrected chi connectivity index (χ3v) is 5.01. The van der Waals surface area contributed by atoms with Gasteiger partial charge in [0.2, 0.25) is 10.0 Å². The van der Waals surface area contributed by atoms with Crippen molar-refractivity contribution >= 4 is 16.0 Å². The van der Waals surface area contributed by atoms with Crippen LogP contribution in [0.3, 0.4) is 0 Å². The van der Waals surface area contributed by atoms with Gasteiger partial charge >= 0.3 is 5.97 Å². The summed E-state index contributed by atoms with van der Waals surface area (Å²) in [5.74, 6) is -1.87. The van der Waals surface area contributed by atoms with Crippen LogP contribution in [0.5, 0.6) is 0 Å². The van der Waals surface area contributed by atoms with Crippen LogP contribution in [0.15, 0.2) is 23.1 Å². The second-order valence-electron chi connectivity index (χ2n) is 4.93. The number of carbonyl (C=O) groups is 1. The number of rotatable bonds is 6. The maximum atomic E-state index is 13.2. The Labute approximate surface area is 116 Å². The maximum Gasteiger partial charge on any atom is 0.338 e. The van der Waals surface area contributed by atoms with Crippen LogP contribution < -0.4 is 4.72 Å². The van der Waals surface area contributed by atoms with Gasteiger partial charge in [0, 0.05) is 6.54 Å². The standard InChI is InChI=1S/C13H16FNO4S/c14-12-5-4-10(8-11(12)13(16)17)20(18,19)15-7-6-9-2-1-3-9/h4-5,8-9,15H,1-3,6-7H2,(H,16,17). The first-order valence-corrected chi connectivity index (χ1v) is 7.91. The molecule has 0 heterocycles. The van der Waals surface area contributed by atoms with E-state index < -0.39 is 27.4 Å². The van der Waals surface area contributed by atoms with E-state index in [1.54, 1.807) is 0 Å². The Morgan fingerprint density at radius 2 is 2.10 bits per heavy atom. The lowest BCUT2D eigenvalue weighted by molar-refractivity contribution is 0.0691. The number of hydrogen-bond acceptors (Lipinski definition) is 3. The first kappa shape index (κ1) is 14.9. The van der Waals surface area contributed by atoms with Crippen LogP contribution in [-0.4, -0.2) is 26.0 Å². The summed E-state index contributed by atoms with van der Waals surface area (Å²) in [4.78, 5) is 10.6. The lowest BCUT2D eigenvalue weighted by atomic mass is 9.83. The molecule has 0 saturated heterocycles. The molecule has 1 aromatic rings. The highest BCUT2D eigenvalue weighted by Crippen LogP contribution is 2.28. The third kappa shape index (κ3) is 3.34. The average molecular weight is 301 g/mol. The largest absolute Gasteiger partial charge is 0.478 e. The highest BCUT2D eigenvalue weighted by molar-refractivity contribution is 7.89. The number of halogens is 1. The number of benzene rings is 1. The molecule has 0 bridgehead atoms. The molecule has 0 aliphatic heterocycles. The lowest BCUT2D eigenvalue weighted by Gasteiger charge is -2.25. The van der Waals surface area contributed by atoms with Crippen molar-refractivity contribution in [1.29, 1.82) is 0 Å². The molecule has 1 fully saturated rings. The minimum absolute atomic E-state index is 0.232. The molecular weight excluding hydrogens is 285 g/mol. The van der Waals surface area contributed by atoms with Gasteiger partial charge < -0.3 is 5.11 Å². The van der Waals surface area contributed by atoms with Gasteiger partial charge in [-0.2, -0.15) is 0 Å². The summed E-state index contributed by atoms with van der Waals surface area (Å²) >= 11 is 0. The fourth-order valence-electron chi connectivity index (χ4n) is 2.10. The number of nitrogens with one attached hydrogen (secondary N) is 1. The number of hydrogen-bond donors (Lipinski definition) is 2.